The van der Waals surface area contributed by atoms with E-state index in [1.807, 2.05) is 6.07 Å². The molecule has 1 fully saturated rings. The highest BCUT2D eigenvalue weighted by atomic mass is 16.5. The van der Waals surface area contributed by atoms with Crippen molar-refractivity contribution in [2.24, 2.45) is 5.92 Å². The van der Waals surface area contributed by atoms with Crippen LogP contribution < -0.4 is 10.5 Å². The van der Waals surface area contributed by atoms with Gasteiger partial charge in [-0.25, -0.2) is 0 Å². The highest BCUT2D eigenvalue weighted by molar-refractivity contribution is 5.47. The maximum atomic E-state index is 5.90. The minimum absolute atomic E-state index is 0.645. The molecule has 1 aromatic carbocycles. The van der Waals surface area contributed by atoms with Gasteiger partial charge in [-0.3, -0.25) is 4.90 Å². The molecule has 1 saturated heterocycles. The van der Waals surface area contributed by atoms with Crippen molar-refractivity contribution in [2.45, 2.75) is 39.3 Å². The number of piperidine rings is 1. The first-order valence-electron chi connectivity index (χ1n) is 6.77. The van der Waals surface area contributed by atoms with Crippen LogP contribution in [0.2, 0.25) is 0 Å². The number of nitrogen functional groups attached to an aromatic ring is 1. The molecule has 1 aliphatic rings. The lowest BCUT2D eigenvalue weighted by molar-refractivity contribution is 0.106. The summed E-state index contributed by atoms with van der Waals surface area (Å²) >= 11 is 0. The lowest BCUT2D eigenvalue weighted by atomic mass is 9.91. The van der Waals surface area contributed by atoms with Crippen molar-refractivity contribution in [3.05, 3.63) is 23.8 Å². The smallest absolute Gasteiger partial charge is 0.121 e. The third kappa shape index (κ3) is 2.96. The molecule has 2 N–H and O–H groups in total. The van der Waals surface area contributed by atoms with E-state index in [0.717, 1.165) is 23.9 Å². The van der Waals surface area contributed by atoms with Gasteiger partial charge in [0, 0.05) is 24.3 Å². The van der Waals surface area contributed by atoms with Gasteiger partial charge >= 0.3 is 0 Å². The first-order chi connectivity index (χ1) is 8.60. The number of rotatable bonds is 3. The molecule has 100 valence electrons. The Kier molecular flexibility index (Phi) is 4.12. The standard InChI is InChI=1S/C15H24N2O/c1-11-5-4-6-17(12(11)2)10-13-7-14(16)9-15(8-13)18-3/h7-9,11-12H,4-6,10,16H2,1-3H3. The molecule has 3 heteroatoms. The Morgan fingerprint density at radius 3 is 2.83 bits per heavy atom. The SMILES string of the molecule is COc1cc(N)cc(CN2CCCC(C)C2C)c1. The van der Waals surface area contributed by atoms with Crippen LogP contribution in [-0.2, 0) is 6.54 Å². The van der Waals surface area contributed by atoms with E-state index < -0.39 is 0 Å². The van der Waals surface area contributed by atoms with E-state index in [0.29, 0.717) is 6.04 Å². The summed E-state index contributed by atoms with van der Waals surface area (Å²) in [6.07, 6.45) is 2.64. The lowest BCUT2D eigenvalue weighted by Crippen LogP contribution is -2.41. The largest absolute Gasteiger partial charge is 0.497 e. The van der Waals surface area contributed by atoms with Gasteiger partial charge in [0.05, 0.1) is 7.11 Å². The van der Waals surface area contributed by atoms with Crippen LogP contribution in [0, 0.1) is 5.92 Å². The van der Waals surface area contributed by atoms with Crippen LogP contribution >= 0.6 is 0 Å². The topological polar surface area (TPSA) is 38.5 Å². The molecular formula is C15H24N2O. The summed E-state index contributed by atoms with van der Waals surface area (Å²) in [7, 11) is 1.68. The highest BCUT2D eigenvalue weighted by Gasteiger charge is 2.24. The van der Waals surface area contributed by atoms with E-state index in [1.54, 1.807) is 7.11 Å². The number of methoxy groups -OCH3 is 1. The summed E-state index contributed by atoms with van der Waals surface area (Å²) < 4.78 is 5.27. The van der Waals surface area contributed by atoms with E-state index in [-0.39, 0.29) is 0 Å². The summed E-state index contributed by atoms with van der Waals surface area (Å²) in [5.41, 5.74) is 7.93. The third-order valence-corrected chi connectivity index (χ3v) is 4.11. The van der Waals surface area contributed by atoms with Crippen LogP contribution in [0.15, 0.2) is 18.2 Å². The Morgan fingerprint density at radius 2 is 2.11 bits per heavy atom. The average molecular weight is 248 g/mol. The predicted molar refractivity (Wildman–Crippen MR) is 75.7 cm³/mol. The highest BCUT2D eigenvalue weighted by Crippen LogP contribution is 2.26. The molecule has 0 amide bonds. The Morgan fingerprint density at radius 1 is 1.33 bits per heavy atom. The summed E-state index contributed by atoms with van der Waals surface area (Å²) in [6, 6.07) is 6.65. The number of nitrogens with zero attached hydrogens (tertiary/aromatic N) is 1. The van der Waals surface area contributed by atoms with Crippen LogP contribution in [0.4, 0.5) is 5.69 Å². The van der Waals surface area contributed by atoms with Crippen LogP contribution in [-0.4, -0.2) is 24.6 Å². The second-order valence-electron chi connectivity index (χ2n) is 5.45. The maximum absolute atomic E-state index is 5.90. The monoisotopic (exact) mass is 248 g/mol. The van der Waals surface area contributed by atoms with Gasteiger partial charge in [-0.2, -0.15) is 0 Å². The molecule has 1 aromatic rings. The maximum Gasteiger partial charge on any atom is 0.121 e. The number of anilines is 1. The minimum Gasteiger partial charge on any atom is -0.497 e. The Balaban J connectivity index is 2.10. The van der Waals surface area contributed by atoms with Crippen molar-refractivity contribution in [2.75, 3.05) is 19.4 Å². The van der Waals surface area contributed by atoms with Gasteiger partial charge in [-0.05, 0) is 49.9 Å². The van der Waals surface area contributed by atoms with E-state index in [9.17, 15) is 0 Å². The number of nitrogens with two attached hydrogens (primary N) is 1. The fourth-order valence-corrected chi connectivity index (χ4v) is 2.77. The number of ether oxygens (including phenoxy) is 1. The zero-order chi connectivity index (χ0) is 13.1. The van der Waals surface area contributed by atoms with Crippen molar-refractivity contribution in [1.82, 2.24) is 4.90 Å². The molecule has 2 atom stereocenters. The minimum atomic E-state index is 0.645. The molecule has 0 spiro atoms. The van der Waals surface area contributed by atoms with Crippen LogP contribution in [0.1, 0.15) is 32.3 Å². The Labute approximate surface area is 110 Å². The lowest BCUT2D eigenvalue weighted by Gasteiger charge is -2.38. The van der Waals surface area contributed by atoms with E-state index >= 15 is 0 Å². The summed E-state index contributed by atoms with van der Waals surface area (Å²) in [6.45, 7) is 6.82. The van der Waals surface area contributed by atoms with Gasteiger partial charge < -0.3 is 10.5 Å². The first kappa shape index (κ1) is 13.2. The molecule has 0 saturated carbocycles. The number of hydrogen-bond acceptors (Lipinski definition) is 3. The molecule has 3 nitrogen and oxygen atoms in total. The Hall–Kier alpha value is -1.22. The molecule has 0 aliphatic carbocycles. The summed E-state index contributed by atoms with van der Waals surface area (Å²) in [4.78, 5) is 2.54. The molecule has 0 radical (unpaired) electrons. The van der Waals surface area contributed by atoms with Gasteiger partial charge in [-0.1, -0.05) is 6.92 Å². The molecule has 0 bridgehead atoms. The summed E-state index contributed by atoms with van der Waals surface area (Å²) in [5, 5.41) is 0. The molecule has 1 aliphatic heterocycles. The number of likely N-dealkylation sites (tertiary alicyclic amines) is 1. The van der Waals surface area contributed by atoms with Gasteiger partial charge in [-0.15, -0.1) is 0 Å². The average Bonchev–Trinajstić information content (AvgIpc) is 2.34. The van der Waals surface area contributed by atoms with Gasteiger partial charge in [0.15, 0.2) is 0 Å². The molecule has 0 aromatic heterocycles. The van der Waals surface area contributed by atoms with Crippen molar-refractivity contribution in [1.29, 1.82) is 0 Å². The molecular weight excluding hydrogens is 224 g/mol. The number of hydrogen-bond donors (Lipinski definition) is 1. The van der Waals surface area contributed by atoms with E-state index in [1.165, 1.54) is 24.9 Å². The van der Waals surface area contributed by atoms with Crippen LogP contribution in [0.3, 0.4) is 0 Å². The van der Waals surface area contributed by atoms with Crippen LogP contribution in [0.25, 0.3) is 0 Å². The first-order valence-corrected chi connectivity index (χ1v) is 6.77. The van der Waals surface area contributed by atoms with Crippen molar-refractivity contribution < 1.29 is 4.74 Å². The second kappa shape index (κ2) is 5.61. The van der Waals surface area contributed by atoms with Gasteiger partial charge in [0.25, 0.3) is 0 Å². The zero-order valence-electron chi connectivity index (χ0n) is 11.6. The van der Waals surface area contributed by atoms with Crippen molar-refractivity contribution in [3.63, 3.8) is 0 Å². The van der Waals surface area contributed by atoms with Gasteiger partial charge in [0.1, 0.15) is 5.75 Å². The molecule has 2 unspecified atom stereocenters. The second-order valence-corrected chi connectivity index (χ2v) is 5.45. The quantitative estimate of drug-likeness (QED) is 0.836. The van der Waals surface area contributed by atoms with E-state index in [4.69, 9.17) is 10.5 Å². The fourth-order valence-electron chi connectivity index (χ4n) is 2.77. The van der Waals surface area contributed by atoms with E-state index in [2.05, 4.69) is 30.9 Å². The molecule has 1 heterocycles. The van der Waals surface area contributed by atoms with Crippen molar-refractivity contribution in [3.8, 4) is 5.75 Å². The molecule has 18 heavy (non-hydrogen) atoms. The zero-order valence-corrected chi connectivity index (χ0v) is 11.6. The normalized spacial score (nSPS) is 25.1. The Bertz CT molecular complexity index is 405. The van der Waals surface area contributed by atoms with Crippen LogP contribution in [0.5, 0.6) is 5.75 Å². The fraction of sp³-hybridized carbons (Fsp3) is 0.600. The van der Waals surface area contributed by atoms with Gasteiger partial charge in [0.2, 0.25) is 0 Å². The molecule has 2 rings (SSSR count). The summed E-state index contributed by atoms with van der Waals surface area (Å²) in [5.74, 6) is 1.63. The number of benzene rings is 1. The third-order valence-electron chi connectivity index (χ3n) is 4.11. The van der Waals surface area contributed by atoms with Crippen molar-refractivity contribution >= 4 is 5.69 Å². The predicted octanol–water partition coefficient (Wildman–Crippen LogP) is 2.90.